The number of ether oxygens (including phenoxy) is 1. The first-order valence-corrected chi connectivity index (χ1v) is 4.04. The van der Waals surface area contributed by atoms with Crippen molar-refractivity contribution >= 4 is 15.9 Å². The molecule has 0 aromatic rings. The molecule has 0 saturated carbocycles. The number of aliphatic hydroxyl groups is 3. The lowest BCUT2D eigenvalue weighted by molar-refractivity contribution is -0.123. The van der Waals surface area contributed by atoms with E-state index in [-0.39, 0.29) is 0 Å². The summed E-state index contributed by atoms with van der Waals surface area (Å²) < 4.78 is 4.74. The molecule has 0 aromatic heterocycles. The van der Waals surface area contributed by atoms with Crippen LogP contribution in [0.5, 0.6) is 0 Å². The van der Waals surface area contributed by atoms with E-state index >= 15 is 0 Å². The van der Waals surface area contributed by atoms with Gasteiger partial charge in [-0.3, -0.25) is 0 Å². The lowest BCUT2D eigenvalue weighted by Gasteiger charge is -2.09. The molecule has 0 bridgehead atoms. The molecule has 1 fully saturated rings. The number of alkyl halides is 1. The summed E-state index contributed by atoms with van der Waals surface area (Å²) in [7, 11) is 0. The highest BCUT2D eigenvalue weighted by atomic mass is 79.9. The second-order valence-electron chi connectivity index (χ2n) is 2.20. The van der Waals surface area contributed by atoms with Crippen LogP contribution in [0.1, 0.15) is 0 Å². The van der Waals surface area contributed by atoms with E-state index in [1.807, 2.05) is 0 Å². The van der Waals surface area contributed by atoms with Crippen molar-refractivity contribution < 1.29 is 20.1 Å². The number of halogens is 1. The van der Waals surface area contributed by atoms with E-state index in [2.05, 4.69) is 15.9 Å². The predicted molar refractivity (Wildman–Crippen MR) is 36.7 cm³/mol. The molecule has 0 aliphatic carbocycles. The van der Waals surface area contributed by atoms with Crippen LogP contribution in [0.4, 0.5) is 0 Å². The first-order valence-electron chi connectivity index (χ1n) is 2.92. The summed E-state index contributed by atoms with van der Waals surface area (Å²) in [6, 6.07) is 0. The molecule has 3 N–H and O–H groups in total. The van der Waals surface area contributed by atoms with Gasteiger partial charge in [0.1, 0.15) is 12.2 Å². The zero-order valence-electron chi connectivity index (χ0n) is 5.14. The lowest BCUT2D eigenvalue weighted by atomic mass is 10.2. The van der Waals surface area contributed by atoms with Gasteiger partial charge in [0.05, 0.1) is 6.10 Å². The smallest absolute Gasteiger partial charge is 0.183 e. The summed E-state index contributed by atoms with van der Waals surface area (Å²) >= 11 is 3.06. The lowest BCUT2D eigenvalue weighted by Crippen LogP contribution is -2.32. The minimum Gasteiger partial charge on any atom is -0.387 e. The molecule has 1 rings (SSSR count). The fourth-order valence-corrected chi connectivity index (χ4v) is 1.39. The van der Waals surface area contributed by atoms with E-state index in [0.717, 1.165) is 0 Å². The molecule has 1 aliphatic rings. The van der Waals surface area contributed by atoms with E-state index in [9.17, 15) is 0 Å². The average molecular weight is 213 g/mol. The quantitative estimate of drug-likeness (QED) is 0.479. The van der Waals surface area contributed by atoms with Gasteiger partial charge in [0, 0.05) is 5.33 Å². The van der Waals surface area contributed by atoms with Crippen LogP contribution in [0, 0.1) is 0 Å². The van der Waals surface area contributed by atoms with E-state index < -0.39 is 24.6 Å². The van der Waals surface area contributed by atoms with Gasteiger partial charge in [-0.05, 0) is 0 Å². The van der Waals surface area contributed by atoms with Crippen molar-refractivity contribution in [3.8, 4) is 0 Å². The zero-order valence-corrected chi connectivity index (χ0v) is 6.73. The van der Waals surface area contributed by atoms with Crippen molar-refractivity contribution in [3.05, 3.63) is 0 Å². The largest absolute Gasteiger partial charge is 0.387 e. The van der Waals surface area contributed by atoms with Gasteiger partial charge in [-0.25, -0.2) is 0 Å². The number of hydrogen-bond acceptors (Lipinski definition) is 4. The molecule has 0 amide bonds. The minimum absolute atomic E-state index is 0.405. The monoisotopic (exact) mass is 212 g/mol. The molecule has 5 heteroatoms. The van der Waals surface area contributed by atoms with Crippen molar-refractivity contribution in [1.82, 2.24) is 0 Å². The third kappa shape index (κ3) is 1.33. The highest BCUT2D eigenvalue weighted by Crippen LogP contribution is 2.20. The van der Waals surface area contributed by atoms with Crippen molar-refractivity contribution in [2.24, 2.45) is 0 Å². The predicted octanol–water partition coefficient (Wildman–Crippen LogP) is -1.18. The normalized spacial score (nSPS) is 48.0. The Morgan fingerprint density at radius 3 is 2.00 bits per heavy atom. The van der Waals surface area contributed by atoms with Crippen LogP contribution in [0.25, 0.3) is 0 Å². The molecule has 0 spiro atoms. The van der Waals surface area contributed by atoms with Crippen LogP contribution in [0.15, 0.2) is 0 Å². The molecule has 0 radical (unpaired) electrons. The molecule has 10 heavy (non-hydrogen) atoms. The first-order chi connectivity index (χ1) is 4.66. The van der Waals surface area contributed by atoms with E-state index in [1.165, 1.54) is 0 Å². The highest BCUT2D eigenvalue weighted by molar-refractivity contribution is 9.09. The van der Waals surface area contributed by atoms with Crippen molar-refractivity contribution in [2.45, 2.75) is 24.6 Å². The van der Waals surface area contributed by atoms with Gasteiger partial charge in [0.25, 0.3) is 0 Å². The zero-order chi connectivity index (χ0) is 7.72. The van der Waals surface area contributed by atoms with Crippen molar-refractivity contribution in [3.63, 3.8) is 0 Å². The van der Waals surface area contributed by atoms with Crippen molar-refractivity contribution in [2.75, 3.05) is 5.33 Å². The molecule has 1 unspecified atom stereocenters. The van der Waals surface area contributed by atoms with Crippen molar-refractivity contribution in [1.29, 1.82) is 0 Å². The van der Waals surface area contributed by atoms with Crippen LogP contribution < -0.4 is 0 Å². The first kappa shape index (κ1) is 8.42. The summed E-state index contributed by atoms with van der Waals surface area (Å²) in [5.74, 6) is 0. The fourth-order valence-electron chi connectivity index (χ4n) is 0.856. The van der Waals surface area contributed by atoms with Crippen LogP contribution in [-0.2, 0) is 4.74 Å². The maximum absolute atomic E-state index is 9.06. The second-order valence-corrected chi connectivity index (χ2v) is 2.85. The maximum Gasteiger partial charge on any atom is 0.183 e. The van der Waals surface area contributed by atoms with Gasteiger partial charge in [0.15, 0.2) is 6.29 Å². The van der Waals surface area contributed by atoms with E-state index in [4.69, 9.17) is 20.1 Å². The second kappa shape index (κ2) is 3.15. The molecule has 4 nitrogen and oxygen atoms in total. The fraction of sp³-hybridized carbons (Fsp3) is 1.00. The van der Waals surface area contributed by atoms with E-state index in [1.54, 1.807) is 0 Å². The molecular weight excluding hydrogens is 204 g/mol. The van der Waals surface area contributed by atoms with Crippen LogP contribution >= 0.6 is 15.9 Å². The molecule has 60 valence electrons. The molecular formula is C5H9BrO4. The highest BCUT2D eigenvalue weighted by Gasteiger charge is 2.40. The van der Waals surface area contributed by atoms with Gasteiger partial charge in [0.2, 0.25) is 0 Å². The Bertz CT molecular complexity index is 120. The Kier molecular flexibility index (Phi) is 2.65. The third-order valence-corrected chi connectivity index (χ3v) is 2.13. The molecule has 4 atom stereocenters. The Morgan fingerprint density at radius 2 is 1.80 bits per heavy atom. The standard InChI is InChI=1S/C5H9BrO4/c6-1-2-3(7)4(8)5(9)10-2/h2-5,7-9H,1H2/t2-,3-,4-,5?/m1/s1. The Morgan fingerprint density at radius 1 is 1.20 bits per heavy atom. The Balaban J connectivity index is 2.53. The summed E-state index contributed by atoms with van der Waals surface area (Å²) in [6.45, 7) is 0. The molecule has 1 aliphatic heterocycles. The summed E-state index contributed by atoms with van der Waals surface area (Å²) in [4.78, 5) is 0. The molecule has 0 aromatic carbocycles. The van der Waals surface area contributed by atoms with Gasteiger partial charge < -0.3 is 20.1 Å². The Labute approximate surface area is 66.6 Å². The molecule has 1 saturated heterocycles. The van der Waals surface area contributed by atoms with Crippen LogP contribution in [0.2, 0.25) is 0 Å². The topological polar surface area (TPSA) is 69.9 Å². The maximum atomic E-state index is 9.06. The summed E-state index contributed by atoms with van der Waals surface area (Å²) in [6.07, 6.45) is -3.93. The molecule has 1 heterocycles. The SMILES string of the molecule is OC1O[C@H](CBr)[C@@H](O)[C@H]1O. The number of rotatable bonds is 1. The van der Waals surface area contributed by atoms with Gasteiger partial charge >= 0.3 is 0 Å². The van der Waals surface area contributed by atoms with E-state index in [0.29, 0.717) is 5.33 Å². The minimum atomic E-state index is -1.25. The summed E-state index contributed by atoms with van der Waals surface area (Å²) in [5, 5.41) is 27.2. The van der Waals surface area contributed by atoms with Crippen LogP contribution in [-0.4, -0.2) is 45.3 Å². The average Bonchev–Trinajstić information content (AvgIpc) is 2.17. The number of hydrogen-bond donors (Lipinski definition) is 3. The van der Waals surface area contributed by atoms with Gasteiger partial charge in [-0.15, -0.1) is 0 Å². The number of aliphatic hydroxyl groups excluding tert-OH is 3. The third-order valence-electron chi connectivity index (χ3n) is 1.49. The Hall–Kier alpha value is 0.320. The summed E-state index contributed by atoms with van der Waals surface area (Å²) in [5.41, 5.74) is 0. The van der Waals surface area contributed by atoms with Gasteiger partial charge in [-0.2, -0.15) is 0 Å². The van der Waals surface area contributed by atoms with Gasteiger partial charge in [-0.1, -0.05) is 15.9 Å². The van der Waals surface area contributed by atoms with Crippen LogP contribution in [0.3, 0.4) is 0 Å².